The molecule has 0 saturated carbocycles. The standard InChI is InChI=1S/C26H36N2O2S/c1-6-21(5)27-26(30)24(7-2)28(16-22-13-10-11-19(3)15-22)25(29)18-31-17-23-14-9-8-12-20(23)4/h8-15,21,24H,6-7,16-18H2,1-5H3,(H,27,30)/t21-,24-/m0/s1. The maximum Gasteiger partial charge on any atom is 0.243 e. The molecule has 2 aromatic rings. The van der Waals surface area contributed by atoms with Crippen LogP contribution in [0.15, 0.2) is 48.5 Å². The van der Waals surface area contributed by atoms with Crippen LogP contribution in [0.2, 0.25) is 0 Å². The quantitative estimate of drug-likeness (QED) is 0.519. The Morgan fingerprint density at radius 3 is 2.42 bits per heavy atom. The second-order valence-electron chi connectivity index (χ2n) is 8.17. The highest BCUT2D eigenvalue weighted by Gasteiger charge is 2.29. The fourth-order valence-electron chi connectivity index (χ4n) is 3.47. The van der Waals surface area contributed by atoms with E-state index < -0.39 is 6.04 Å². The Morgan fingerprint density at radius 1 is 1.03 bits per heavy atom. The van der Waals surface area contributed by atoms with Gasteiger partial charge in [-0.25, -0.2) is 0 Å². The minimum atomic E-state index is -0.471. The highest BCUT2D eigenvalue weighted by atomic mass is 32.2. The first-order valence-corrected chi connectivity index (χ1v) is 12.3. The average Bonchev–Trinajstić information content (AvgIpc) is 2.74. The van der Waals surface area contributed by atoms with Crippen molar-refractivity contribution in [3.63, 3.8) is 0 Å². The molecule has 0 unspecified atom stereocenters. The predicted molar refractivity (Wildman–Crippen MR) is 131 cm³/mol. The second-order valence-corrected chi connectivity index (χ2v) is 9.16. The molecular weight excluding hydrogens is 404 g/mol. The van der Waals surface area contributed by atoms with Gasteiger partial charge in [-0.3, -0.25) is 9.59 Å². The van der Waals surface area contributed by atoms with Gasteiger partial charge in [-0.15, -0.1) is 11.8 Å². The molecule has 0 aliphatic heterocycles. The topological polar surface area (TPSA) is 49.4 Å². The fourth-order valence-corrected chi connectivity index (χ4v) is 4.46. The number of carbonyl (C=O) groups is 2. The minimum absolute atomic E-state index is 0.00578. The van der Waals surface area contributed by atoms with E-state index in [0.717, 1.165) is 23.3 Å². The van der Waals surface area contributed by atoms with Crippen molar-refractivity contribution in [2.45, 2.75) is 71.8 Å². The van der Waals surface area contributed by atoms with Crippen LogP contribution < -0.4 is 5.32 Å². The van der Waals surface area contributed by atoms with Gasteiger partial charge in [0.1, 0.15) is 6.04 Å². The largest absolute Gasteiger partial charge is 0.352 e. The third-order valence-corrected chi connectivity index (χ3v) is 6.53. The Kier molecular flexibility index (Phi) is 10.1. The van der Waals surface area contributed by atoms with Crippen molar-refractivity contribution in [3.8, 4) is 0 Å². The SMILES string of the molecule is CC[C@H](C)NC(=O)[C@H](CC)N(Cc1cccc(C)c1)C(=O)CSCc1ccccc1C. The predicted octanol–water partition coefficient (Wildman–Crippen LogP) is 5.26. The van der Waals surface area contributed by atoms with E-state index >= 15 is 0 Å². The van der Waals surface area contributed by atoms with Crippen LogP contribution in [0.4, 0.5) is 0 Å². The molecular formula is C26H36N2O2S. The monoisotopic (exact) mass is 440 g/mol. The van der Waals surface area contributed by atoms with E-state index in [-0.39, 0.29) is 17.9 Å². The van der Waals surface area contributed by atoms with Gasteiger partial charge in [-0.2, -0.15) is 0 Å². The van der Waals surface area contributed by atoms with Crippen molar-refractivity contribution in [3.05, 3.63) is 70.8 Å². The maximum atomic E-state index is 13.3. The van der Waals surface area contributed by atoms with Crippen LogP contribution >= 0.6 is 11.8 Å². The maximum absolute atomic E-state index is 13.3. The first-order chi connectivity index (χ1) is 14.8. The molecule has 0 aromatic heterocycles. The molecule has 5 heteroatoms. The summed E-state index contributed by atoms with van der Waals surface area (Å²) in [6, 6.07) is 16.0. The van der Waals surface area contributed by atoms with Crippen molar-refractivity contribution >= 4 is 23.6 Å². The van der Waals surface area contributed by atoms with Crippen LogP contribution in [-0.2, 0) is 21.9 Å². The van der Waals surface area contributed by atoms with Crippen LogP contribution in [0.25, 0.3) is 0 Å². The summed E-state index contributed by atoms with van der Waals surface area (Å²) < 4.78 is 0. The number of hydrogen-bond acceptors (Lipinski definition) is 3. The lowest BCUT2D eigenvalue weighted by atomic mass is 10.1. The molecule has 0 aliphatic rings. The lowest BCUT2D eigenvalue weighted by Gasteiger charge is -2.31. The summed E-state index contributed by atoms with van der Waals surface area (Å²) in [5.74, 6) is 1.08. The van der Waals surface area contributed by atoms with Crippen molar-refractivity contribution in [2.24, 2.45) is 0 Å². The van der Waals surface area contributed by atoms with E-state index in [0.29, 0.717) is 18.7 Å². The zero-order valence-corrected chi connectivity index (χ0v) is 20.3. The van der Waals surface area contributed by atoms with Crippen molar-refractivity contribution < 1.29 is 9.59 Å². The highest BCUT2D eigenvalue weighted by Crippen LogP contribution is 2.19. The van der Waals surface area contributed by atoms with Crippen LogP contribution in [0, 0.1) is 13.8 Å². The number of rotatable bonds is 11. The van der Waals surface area contributed by atoms with Gasteiger partial charge in [0.15, 0.2) is 0 Å². The Hall–Kier alpha value is -2.27. The van der Waals surface area contributed by atoms with Gasteiger partial charge in [-0.1, -0.05) is 67.9 Å². The van der Waals surface area contributed by atoms with E-state index in [1.807, 2.05) is 58.0 Å². The average molecular weight is 441 g/mol. The van der Waals surface area contributed by atoms with Crippen LogP contribution in [0.1, 0.15) is 55.9 Å². The lowest BCUT2D eigenvalue weighted by Crippen LogP contribution is -2.51. The zero-order valence-electron chi connectivity index (χ0n) is 19.5. The van der Waals surface area contributed by atoms with Gasteiger partial charge in [-0.05, 0) is 50.3 Å². The van der Waals surface area contributed by atoms with E-state index in [4.69, 9.17) is 0 Å². The number of nitrogens with zero attached hydrogens (tertiary/aromatic N) is 1. The van der Waals surface area contributed by atoms with Crippen molar-refractivity contribution in [1.82, 2.24) is 10.2 Å². The first-order valence-electron chi connectivity index (χ1n) is 11.1. The molecule has 0 radical (unpaired) electrons. The van der Waals surface area contributed by atoms with Gasteiger partial charge in [0.2, 0.25) is 11.8 Å². The molecule has 2 rings (SSSR count). The van der Waals surface area contributed by atoms with Crippen LogP contribution in [-0.4, -0.2) is 34.6 Å². The van der Waals surface area contributed by atoms with E-state index in [1.165, 1.54) is 11.1 Å². The number of carbonyl (C=O) groups excluding carboxylic acids is 2. The molecule has 2 aromatic carbocycles. The van der Waals surface area contributed by atoms with Crippen molar-refractivity contribution in [1.29, 1.82) is 0 Å². The molecule has 31 heavy (non-hydrogen) atoms. The smallest absolute Gasteiger partial charge is 0.243 e. The first kappa shape index (κ1) is 25.0. The normalized spacial score (nSPS) is 12.8. The molecule has 168 valence electrons. The van der Waals surface area contributed by atoms with E-state index in [2.05, 4.69) is 30.4 Å². The summed E-state index contributed by atoms with van der Waals surface area (Å²) >= 11 is 1.61. The number of nitrogens with one attached hydrogen (secondary N) is 1. The third kappa shape index (κ3) is 7.73. The molecule has 4 nitrogen and oxygen atoms in total. The summed E-state index contributed by atoms with van der Waals surface area (Å²) in [4.78, 5) is 28.0. The Labute approximate surface area is 191 Å². The van der Waals surface area contributed by atoms with E-state index in [1.54, 1.807) is 16.7 Å². The summed E-state index contributed by atoms with van der Waals surface area (Å²) in [7, 11) is 0. The van der Waals surface area contributed by atoms with Gasteiger partial charge < -0.3 is 10.2 Å². The molecule has 0 spiro atoms. The summed E-state index contributed by atoms with van der Waals surface area (Å²) in [6.45, 7) is 10.6. The molecule has 0 bridgehead atoms. The molecule has 2 atom stereocenters. The number of thioether (sulfide) groups is 1. The highest BCUT2D eigenvalue weighted by molar-refractivity contribution is 7.99. The van der Waals surface area contributed by atoms with Crippen LogP contribution in [0.5, 0.6) is 0 Å². The molecule has 2 amide bonds. The van der Waals surface area contributed by atoms with Crippen molar-refractivity contribution in [2.75, 3.05) is 5.75 Å². The molecule has 0 aliphatic carbocycles. The van der Waals surface area contributed by atoms with Gasteiger partial charge in [0.25, 0.3) is 0 Å². The summed E-state index contributed by atoms with van der Waals surface area (Å²) in [5.41, 5.74) is 4.67. The fraction of sp³-hybridized carbons (Fsp3) is 0.462. The Morgan fingerprint density at radius 2 is 1.77 bits per heavy atom. The Balaban J connectivity index is 2.15. The summed E-state index contributed by atoms with van der Waals surface area (Å²) in [6.07, 6.45) is 1.45. The Bertz CT molecular complexity index is 868. The van der Waals surface area contributed by atoms with Gasteiger partial charge >= 0.3 is 0 Å². The zero-order chi connectivity index (χ0) is 22.8. The summed E-state index contributed by atoms with van der Waals surface area (Å²) in [5, 5.41) is 3.06. The van der Waals surface area contributed by atoms with Gasteiger partial charge in [0.05, 0.1) is 5.75 Å². The van der Waals surface area contributed by atoms with Gasteiger partial charge in [0, 0.05) is 18.3 Å². The molecule has 0 saturated heterocycles. The molecule has 0 heterocycles. The molecule has 0 fully saturated rings. The lowest BCUT2D eigenvalue weighted by molar-refractivity contribution is -0.139. The second kappa shape index (κ2) is 12.6. The minimum Gasteiger partial charge on any atom is -0.352 e. The molecule has 1 N–H and O–H groups in total. The number of hydrogen-bond donors (Lipinski definition) is 1. The number of aryl methyl sites for hydroxylation is 2. The van der Waals surface area contributed by atoms with Crippen LogP contribution in [0.3, 0.4) is 0 Å². The number of benzene rings is 2. The number of amides is 2. The van der Waals surface area contributed by atoms with E-state index in [9.17, 15) is 9.59 Å². The third-order valence-electron chi connectivity index (χ3n) is 5.57.